The molecular weight excluding hydrogens is 192 g/mol. The second kappa shape index (κ2) is 4.67. The third-order valence-electron chi connectivity index (χ3n) is 1.65. The van der Waals surface area contributed by atoms with Gasteiger partial charge in [0, 0.05) is 18.8 Å². The number of halogens is 1. The number of rotatable bonds is 2. The molecule has 0 fully saturated rings. The minimum absolute atomic E-state index is 0. The third kappa shape index (κ3) is 2.91. The van der Waals surface area contributed by atoms with Crippen LogP contribution in [0.4, 0.5) is 0 Å². The van der Waals surface area contributed by atoms with Crippen molar-refractivity contribution in [2.45, 2.75) is 6.92 Å². The molecule has 0 unspecified atom stereocenters. The third-order valence-corrected chi connectivity index (χ3v) is 1.65. The molecule has 0 radical (unpaired) electrons. The molecule has 0 aliphatic carbocycles. The zero-order valence-corrected chi connectivity index (χ0v) is 8.21. The summed E-state index contributed by atoms with van der Waals surface area (Å²) in [4.78, 5) is 14.2. The highest BCUT2D eigenvalue weighted by atomic mass is 35.5. The van der Waals surface area contributed by atoms with E-state index in [-0.39, 0.29) is 12.4 Å². The number of carboxylic acid groups (broad SMARTS) is 1. The summed E-state index contributed by atoms with van der Waals surface area (Å²) in [5.41, 5.74) is 1.65. The molecule has 0 aliphatic heterocycles. The Morgan fingerprint density at radius 1 is 1.69 bits per heavy atom. The van der Waals surface area contributed by atoms with Crippen molar-refractivity contribution in [1.82, 2.24) is 9.55 Å². The van der Waals surface area contributed by atoms with E-state index in [9.17, 15) is 4.79 Å². The smallest absolute Gasteiger partial charge is 0.328 e. The van der Waals surface area contributed by atoms with Crippen LogP contribution in [0.25, 0.3) is 6.08 Å². The predicted molar refractivity (Wildman–Crippen MR) is 51.9 cm³/mol. The van der Waals surface area contributed by atoms with Gasteiger partial charge in [-0.3, -0.25) is 0 Å². The molecule has 4 nitrogen and oxygen atoms in total. The summed E-state index contributed by atoms with van der Waals surface area (Å²) in [5.74, 6) is -0.958. The lowest BCUT2D eigenvalue weighted by Gasteiger charge is -1.92. The standard InChI is InChI=1S/C8H10N2O2.ClH/c1-6-7(3-4-8(11)12)9-5-10(6)2;/h3-5H,1-2H3,(H,11,12);1H. The van der Waals surface area contributed by atoms with Crippen LogP contribution >= 0.6 is 12.4 Å². The molecule has 1 heterocycles. The number of carboxylic acids is 1. The zero-order chi connectivity index (χ0) is 9.14. The van der Waals surface area contributed by atoms with Gasteiger partial charge in [0.1, 0.15) is 0 Å². The van der Waals surface area contributed by atoms with Crippen molar-refractivity contribution < 1.29 is 9.90 Å². The number of aliphatic carboxylic acids is 1. The molecule has 72 valence electrons. The van der Waals surface area contributed by atoms with Gasteiger partial charge in [-0.1, -0.05) is 0 Å². The number of aryl methyl sites for hydroxylation is 1. The molecule has 0 saturated carbocycles. The van der Waals surface area contributed by atoms with E-state index in [4.69, 9.17) is 5.11 Å². The minimum Gasteiger partial charge on any atom is -0.478 e. The van der Waals surface area contributed by atoms with Crippen LogP contribution in [0.5, 0.6) is 0 Å². The maximum atomic E-state index is 10.2. The van der Waals surface area contributed by atoms with Crippen LogP contribution in [0, 0.1) is 6.92 Å². The van der Waals surface area contributed by atoms with Gasteiger partial charge in [0.15, 0.2) is 0 Å². The van der Waals surface area contributed by atoms with Gasteiger partial charge < -0.3 is 9.67 Å². The van der Waals surface area contributed by atoms with Crippen molar-refractivity contribution in [3.63, 3.8) is 0 Å². The second-order valence-corrected chi connectivity index (χ2v) is 2.50. The van der Waals surface area contributed by atoms with Gasteiger partial charge in [-0.05, 0) is 13.0 Å². The van der Waals surface area contributed by atoms with E-state index in [1.807, 2.05) is 18.5 Å². The zero-order valence-electron chi connectivity index (χ0n) is 7.39. The lowest BCUT2D eigenvalue weighted by Crippen LogP contribution is -1.89. The lowest BCUT2D eigenvalue weighted by molar-refractivity contribution is -0.131. The Morgan fingerprint density at radius 2 is 2.31 bits per heavy atom. The Morgan fingerprint density at radius 3 is 2.69 bits per heavy atom. The molecular formula is C8H11ClN2O2. The summed E-state index contributed by atoms with van der Waals surface area (Å²) in [6, 6.07) is 0. The van der Waals surface area contributed by atoms with Gasteiger partial charge >= 0.3 is 5.97 Å². The summed E-state index contributed by atoms with van der Waals surface area (Å²) in [7, 11) is 1.86. The summed E-state index contributed by atoms with van der Waals surface area (Å²) >= 11 is 0. The van der Waals surface area contributed by atoms with Crippen LogP contribution in [0.1, 0.15) is 11.4 Å². The molecule has 5 heteroatoms. The number of aromatic nitrogens is 2. The van der Waals surface area contributed by atoms with Gasteiger partial charge in [-0.25, -0.2) is 9.78 Å². The van der Waals surface area contributed by atoms with E-state index in [1.54, 1.807) is 6.33 Å². The Hall–Kier alpha value is -1.29. The van der Waals surface area contributed by atoms with E-state index in [0.717, 1.165) is 11.8 Å². The molecule has 0 spiro atoms. The molecule has 0 aromatic carbocycles. The maximum Gasteiger partial charge on any atom is 0.328 e. The van der Waals surface area contributed by atoms with Crippen LogP contribution in [-0.2, 0) is 11.8 Å². The first kappa shape index (κ1) is 11.7. The largest absolute Gasteiger partial charge is 0.478 e. The fourth-order valence-corrected chi connectivity index (χ4v) is 0.823. The fourth-order valence-electron chi connectivity index (χ4n) is 0.823. The van der Waals surface area contributed by atoms with Crippen LogP contribution in [0.2, 0.25) is 0 Å². The van der Waals surface area contributed by atoms with Crippen molar-refractivity contribution in [2.75, 3.05) is 0 Å². The molecule has 1 aromatic heterocycles. The fraction of sp³-hybridized carbons (Fsp3) is 0.250. The van der Waals surface area contributed by atoms with Gasteiger partial charge in [0.05, 0.1) is 12.0 Å². The van der Waals surface area contributed by atoms with Crippen molar-refractivity contribution in [3.8, 4) is 0 Å². The SMILES string of the molecule is Cc1c(C=CC(=O)O)ncn1C.Cl. The number of carbonyl (C=O) groups is 1. The number of nitrogens with zero attached hydrogens (tertiary/aromatic N) is 2. The maximum absolute atomic E-state index is 10.2. The Balaban J connectivity index is 0.00000144. The highest BCUT2D eigenvalue weighted by molar-refractivity contribution is 5.85. The number of hydrogen-bond donors (Lipinski definition) is 1. The summed E-state index contributed by atoms with van der Waals surface area (Å²) < 4.78 is 1.83. The van der Waals surface area contributed by atoms with Gasteiger partial charge in [0.2, 0.25) is 0 Å². The highest BCUT2D eigenvalue weighted by Crippen LogP contribution is 2.05. The van der Waals surface area contributed by atoms with Crippen LogP contribution in [-0.4, -0.2) is 20.6 Å². The molecule has 1 rings (SSSR count). The first-order valence-corrected chi connectivity index (χ1v) is 3.50. The summed E-state index contributed by atoms with van der Waals surface area (Å²) in [5, 5.41) is 8.35. The van der Waals surface area contributed by atoms with E-state index in [0.29, 0.717) is 5.69 Å². The minimum atomic E-state index is -0.958. The second-order valence-electron chi connectivity index (χ2n) is 2.50. The van der Waals surface area contributed by atoms with Crippen molar-refractivity contribution in [3.05, 3.63) is 23.8 Å². The van der Waals surface area contributed by atoms with E-state index in [1.165, 1.54) is 6.08 Å². The molecule has 0 amide bonds. The topological polar surface area (TPSA) is 55.1 Å². The number of hydrogen-bond acceptors (Lipinski definition) is 2. The van der Waals surface area contributed by atoms with Crippen molar-refractivity contribution in [1.29, 1.82) is 0 Å². The Labute approximate surface area is 82.3 Å². The van der Waals surface area contributed by atoms with Crippen LogP contribution in [0.3, 0.4) is 0 Å². The van der Waals surface area contributed by atoms with Gasteiger partial charge in [-0.2, -0.15) is 0 Å². The first-order valence-electron chi connectivity index (χ1n) is 3.50. The van der Waals surface area contributed by atoms with E-state index in [2.05, 4.69) is 4.98 Å². The van der Waals surface area contributed by atoms with Gasteiger partial charge in [0.25, 0.3) is 0 Å². The quantitative estimate of drug-likeness (QED) is 0.735. The number of imidazole rings is 1. The normalized spacial score (nSPS) is 10.0. The average Bonchev–Trinajstić information content (AvgIpc) is 2.30. The summed E-state index contributed by atoms with van der Waals surface area (Å²) in [6.45, 7) is 1.88. The molecule has 0 atom stereocenters. The predicted octanol–water partition coefficient (Wildman–Crippen LogP) is 1.25. The van der Waals surface area contributed by atoms with Crippen molar-refractivity contribution >= 4 is 24.5 Å². The molecule has 1 N–H and O–H groups in total. The molecule has 0 saturated heterocycles. The Kier molecular flexibility index (Phi) is 4.20. The summed E-state index contributed by atoms with van der Waals surface area (Å²) in [6.07, 6.45) is 4.21. The highest BCUT2D eigenvalue weighted by Gasteiger charge is 1.99. The Bertz CT molecular complexity index is 331. The van der Waals surface area contributed by atoms with Crippen LogP contribution < -0.4 is 0 Å². The van der Waals surface area contributed by atoms with E-state index >= 15 is 0 Å². The first-order chi connectivity index (χ1) is 5.61. The molecule has 13 heavy (non-hydrogen) atoms. The van der Waals surface area contributed by atoms with E-state index < -0.39 is 5.97 Å². The monoisotopic (exact) mass is 202 g/mol. The average molecular weight is 203 g/mol. The van der Waals surface area contributed by atoms with Crippen molar-refractivity contribution in [2.24, 2.45) is 7.05 Å². The van der Waals surface area contributed by atoms with Gasteiger partial charge in [-0.15, -0.1) is 12.4 Å². The molecule has 0 aliphatic rings. The molecule has 1 aromatic rings. The molecule has 0 bridgehead atoms. The van der Waals surface area contributed by atoms with Crippen LogP contribution in [0.15, 0.2) is 12.4 Å². The lowest BCUT2D eigenvalue weighted by atomic mass is 10.3.